The van der Waals surface area contributed by atoms with Crippen molar-refractivity contribution >= 4 is 11.3 Å². The van der Waals surface area contributed by atoms with Crippen LogP contribution in [0.3, 0.4) is 0 Å². The zero-order chi connectivity index (χ0) is 9.68. The first kappa shape index (κ1) is 10.7. The minimum Gasteiger partial charge on any atom is -0.323 e. The molecule has 0 aliphatic carbocycles. The molecule has 0 bridgehead atoms. The van der Waals surface area contributed by atoms with E-state index in [1.165, 1.54) is 22.6 Å². The van der Waals surface area contributed by atoms with Gasteiger partial charge in [0.25, 0.3) is 0 Å². The molecule has 0 saturated carbocycles. The van der Waals surface area contributed by atoms with Crippen LogP contribution in [0.5, 0.6) is 0 Å². The van der Waals surface area contributed by atoms with E-state index in [0.717, 1.165) is 12.8 Å². The molecule has 13 heavy (non-hydrogen) atoms. The van der Waals surface area contributed by atoms with E-state index in [1.54, 1.807) is 0 Å². The van der Waals surface area contributed by atoms with Crippen LogP contribution in [0.15, 0.2) is 12.1 Å². The quantitative estimate of drug-likeness (QED) is 0.768. The second-order valence-corrected chi connectivity index (χ2v) is 4.61. The maximum absolute atomic E-state index is 6.06. The Morgan fingerprint density at radius 3 is 2.69 bits per heavy atom. The fourth-order valence-corrected chi connectivity index (χ4v) is 2.34. The fourth-order valence-electron chi connectivity index (χ4n) is 1.35. The summed E-state index contributed by atoms with van der Waals surface area (Å²) in [7, 11) is 0. The summed E-state index contributed by atoms with van der Waals surface area (Å²) in [5.41, 5.74) is 6.06. The molecule has 1 heterocycles. The summed E-state index contributed by atoms with van der Waals surface area (Å²) in [6.07, 6.45) is 4.73. The standard InChI is InChI=1S/C11H19NS/c1-3-5-6-10(12)11-8-7-9(4-2)13-11/h7-8,10H,3-6,12H2,1-2H3/t10-/m0/s1. The van der Waals surface area contributed by atoms with Crippen molar-refractivity contribution in [3.05, 3.63) is 21.9 Å². The van der Waals surface area contributed by atoms with Crippen LogP contribution in [-0.2, 0) is 6.42 Å². The van der Waals surface area contributed by atoms with Crippen molar-refractivity contribution in [1.82, 2.24) is 0 Å². The summed E-state index contributed by atoms with van der Waals surface area (Å²) in [4.78, 5) is 2.80. The monoisotopic (exact) mass is 197 g/mol. The first-order valence-electron chi connectivity index (χ1n) is 5.12. The highest BCUT2D eigenvalue weighted by molar-refractivity contribution is 7.12. The summed E-state index contributed by atoms with van der Waals surface area (Å²) in [6, 6.07) is 4.65. The Labute approximate surface area is 85.0 Å². The van der Waals surface area contributed by atoms with Crippen LogP contribution in [-0.4, -0.2) is 0 Å². The maximum atomic E-state index is 6.06. The van der Waals surface area contributed by atoms with Crippen molar-refractivity contribution in [2.24, 2.45) is 5.73 Å². The third-order valence-electron chi connectivity index (χ3n) is 2.27. The van der Waals surface area contributed by atoms with Gasteiger partial charge in [0, 0.05) is 15.8 Å². The van der Waals surface area contributed by atoms with Crippen molar-refractivity contribution in [2.45, 2.75) is 45.6 Å². The van der Waals surface area contributed by atoms with E-state index in [2.05, 4.69) is 26.0 Å². The average Bonchev–Trinajstić information content (AvgIpc) is 2.62. The molecule has 1 nitrogen and oxygen atoms in total. The van der Waals surface area contributed by atoms with Gasteiger partial charge in [0.15, 0.2) is 0 Å². The average molecular weight is 197 g/mol. The molecule has 0 amide bonds. The largest absolute Gasteiger partial charge is 0.323 e. The Morgan fingerprint density at radius 2 is 2.15 bits per heavy atom. The first-order valence-corrected chi connectivity index (χ1v) is 5.93. The van der Waals surface area contributed by atoms with Gasteiger partial charge in [0.05, 0.1) is 0 Å². The molecule has 0 aromatic carbocycles. The van der Waals surface area contributed by atoms with Gasteiger partial charge in [0.2, 0.25) is 0 Å². The molecule has 2 heteroatoms. The number of hydrogen-bond acceptors (Lipinski definition) is 2. The van der Waals surface area contributed by atoms with Crippen molar-refractivity contribution in [3.8, 4) is 0 Å². The second kappa shape index (κ2) is 5.40. The molecule has 74 valence electrons. The topological polar surface area (TPSA) is 26.0 Å². The van der Waals surface area contributed by atoms with Crippen LogP contribution in [0.25, 0.3) is 0 Å². The Balaban J connectivity index is 2.50. The lowest BCUT2D eigenvalue weighted by molar-refractivity contribution is 0.611. The molecule has 0 saturated heterocycles. The van der Waals surface area contributed by atoms with Gasteiger partial charge in [-0.15, -0.1) is 11.3 Å². The lowest BCUT2D eigenvalue weighted by Gasteiger charge is -2.07. The van der Waals surface area contributed by atoms with Crippen LogP contribution in [0.1, 0.15) is 48.9 Å². The summed E-state index contributed by atoms with van der Waals surface area (Å²) in [5.74, 6) is 0. The molecule has 0 radical (unpaired) electrons. The van der Waals surface area contributed by atoms with Gasteiger partial charge in [-0.3, -0.25) is 0 Å². The predicted molar refractivity (Wildman–Crippen MR) is 60.2 cm³/mol. The molecule has 2 N–H and O–H groups in total. The molecule has 0 unspecified atom stereocenters. The van der Waals surface area contributed by atoms with Gasteiger partial charge in [-0.2, -0.15) is 0 Å². The highest BCUT2D eigenvalue weighted by Gasteiger charge is 2.07. The summed E-state index contributed by atoms with van der Waals surface area (Å²) in [6.45, 7) is 4.39. The molecule has 0 aliphatic heterocycles. The van der Waals surface area contributed by atoms with Crippen LogP contribution >= 0.6 is 11.3 Å². The normalized spacial score (nSPS) is 13.2. The highest BCUT2D eigenvalue weighted by Crippen LogP contribution is 2.25. The Bertz CT molecular complexity index is 242. The summed E-state index contributed by atoms with van der Waals surface area (Å²) >= 11 is 1.87. The van der Waals surface area contributed by atoms with E-state index in [9.17, 15) is 0 Å². The van der Waals surface area contributed by atoms with Crippen molar-refractivity contribution in [1.29, 1.82) is 0 Å². The number of unbranched alkanes of at least 4 members (excludes halogenated alkanes) is 1. The Kier molecular flexibility index (Phi) is 4.46. The molecular weight excluding hydrogens is 178 g/mol. The Hall–Kier alpha value is -0.340. The van der Waals surface area contributed by atoms with E-state index in [4.69, 9.17) is 5.73 Å². The minimum atomic E-state index is 0.269. The second-order valence-electron chi connectivity index (χ2n) is 3.41. The number of nitrogens with two attached hydrogens (primary N) is 1. The van der Waals surface area contributed by atoms with Crippen molar-refractivity contribution in [3.63, 3.8) is 0 Å². The predicted octanol–water partition coefficient (Wildman–Crippen LogP) is 3.50. The van der Waals surface area contributed by atoms with Crippen LogP contribution in [0.2, 0.25) is 0 Å². The van der Waals surface area contributed by atoms with Gasteiger partial charge in [-0.05, 0) is 25.0 Å². The van der Waals surface area contributed by atoms with Crippen molar-refractivity contribution < 1.29 is 0 Å². The van der Waals surface area contributed by atoms with E-state index < -0.39 is 0 Å². The van der Waals surface area contributed by atoms with E-state index >= 15 is 0 Å². The van der Waals surface area contributed by atoms with E-state index in [0.29, 0.717) is 0 Å². The molecular formula is C11H19NS. The third kappa shape index (κ3) is 3.12. The third-order valence-corrected chi connectivity index (χ3v) is 3.63. The van der Waals surface area contributed by atoms with Crippen molar-refractivity contribution in [2.75, 3.05) is 0 Å². The lowest BCUT2D eigenvalue weighted by Crippen LogP contribution is -2.07. The van der Waals surface area contributed by atoms with Gasteiger partial charge in [-0.25, -0.2) is 0 Å². The molecule has 1 rings (SSSR count). The van der Waals surface area contributed by atoms with Crippen LogP contribution in [0, 0.1) is 0 Å². The molecule has 1 atom stereocenters. The zero-order valence-electron chi connectivity index (χ0n) is 8.55. The molecule has 0 fully saturated rings. The number of thiophene rings is 1. The Morgan fingerprint density at radius 1 is 1.38 bits per heavy atom. The van der Waals surface area contributed by atoms with Gasteiger partial charge < -0.3 is 5.73 Å². The number of rotatable bonds is 5. The smallest absolute Gasteiger partial charge is 0.0389 e. The SMILES string of the molecule is CCCC[C@H](N)c1ccc(CC)s1. The van der Waals surface area contributed by atoms with Crippen LogP contribution < -0.4 is 5.73 Å². The molecule has 1 aromatic rings. The minimum absolute atomic E-state index is 0.269. The van der Waals surface area contributed by atoms with Crippen LogP contribution in [0.4, 0.5) is 0 Å². The highest BCUT2D eigenvalue weighted by atomic mass is 32.1. The van der Waals surface area contributed by atoms with Gasteiger partial charge in [0.1, 0.15) is 0 Å². The molecule has 0 aliphatic rings. The summed E-state index contributed by atoms with van der Waals surface area (Å²) < 4.78 is 0. The molecule has 1 aromatic heterocycles. The number of hydrogen-bond donors (Lipinski definition) is 1. The van der Waals surface area contributed by atoms with Gasteiger partial charge in [-0.1, -0.05) is 26.7 Å². The zero-order valence-corrected chi connectivity index (χ0v) is 9.36. The lowest BCUT2D eigenvalue weighted by atomic mass is 10.1. The fraction of sp³-hybridized carbons (Fsp3) is 0.636. The van der Waals surface area contributed by atoms with E-state index in [1.807, 2.05) is 11.3 Å². The van der Waals surface area contributed by atoms with Gasteiger partial charge >= 0.3 is 0 Å². The van der Waals surface area contributed by atoms with E-state index in [-0.39, 0.29) is 6.04 Å². The maximum Gasteiger partial charge on any atom is 0.0389 e. The summed E-state index contributed by atoms with van der Waals surface area (Å²) in [5, 5.41) is 0. The first-order chi connectivity index (χ1) is 6.27. The molecule has 0 spiro atoms. The number of aryl methyl sites for hydroxylation is 1.